The molecule has 28 heavy (non-hydrogen) atoms. The number of hydrogen-bond acceptors (Lipinski definition) is 2. The van der Waals surface area contributed by atoms with Crippen molar-refractivity contribution in [3.8, 4) is 0 Å². The van der Waals surface area contributed by atoms with E-state index in [0.29, 0.717) is 22.3 Å². The summed E-state index contributed by atoms with van der Waals surface area (Å²) < 4.78 is 3.60. The van der Waals surface area contributed by atoms with Crippen molar-refractivity contribution in [2.24, 2.45) is 0 Å². The first kappa shape index (κ1) is 18.7. The van der Waals surface area contributed by atoms with Gasteiger partial charge < -0.3 is 0 Å². The number of carbonyl (C=O) groups is 2. The van der Waals surface area contributed by atoms with Crippen LogP contribution in [0.3, 0.4) is 0 Å². The fourth-order valence-corrected chi connectivity index (χ4v) is 5.07. The van der Waals surface area contributed by atoms with Crippen molar-refractivity contribution < 1.29 is 9.59 Å². The first-order chi connectivity index (χ1) is 13.3. The van der Waals surface area contributed by atoms with Crippen LogP contribution in [0.5, 0.6) is 0 Å². The Balaban J connectivity index is 1.80. The predicted molar refractivity (Wildman–Crippen MR) is 126 cm³/mol. The molecule has 0 saturated heterocycles. The normalized spacial score (nSPS) is 13.1. The highest BCUT2D eigenvalue weighted by molar-refractivity contribution is 9.13. The molecule has 2 nitrogen and oxygen atoms in total. The van der Waals surface area contributed by atoms with Crippen LogP contribution in [0.25, 0.3) is 21.5 Å². The van der Waals surface area contributed by atoms with E-state index in [2.05, 4.69) is 63.7 Å². The van der Waals surface area contributed by atoms with E-state index in [4.69, 9.17) is 0 Å². The molecule has 5 rings (SSSR count). The molecule has 0 atom stereocenters. The molecule has 1 aliphatic carbocycles. The average molecular weight is 624 g/mol. The van der Waals surface area contributed by atoms with Gasteiger partial charge in [0.1, 0.15) is 0 Å². The van der Waals surface area contributed by atoms with Crippen molar-refractivity contribution in [2.45, 2.75) is 0 Å². The van der Waals surface area contributed by atoms with E-state index in [0.717, 1.165) is 39.4 Å². The monoisotopic (exact) mass is 620 g/mol. The van der Waals surface area contributed by atoms with Crippen LogP contribution in [-0.2, 0) is 0 Å². The molecule has 0 radical (unpaired) electrons. The highest BCUT2D eigenvalue weighted by Crippen LogP contribution is 2.37. The number of hydrogen-bond donors (Lipinski definition) is 0. The second-order valence-corrected chi connectivity index (χ2v) is 10.1. The van der Waals surface area contributed by atoms with E-state index in [1.807, 2.05) is 48.5 Å². The number of halogens is 4. The van der Waals surface area contributed by atoms with Crippen LogP contribution in [0.15, 0.2) is 66.4 Å². The first-order valence-corrected chi connectivity index (χ1v) is 11.5. The molecular weight excluding hydrogens is 616 g/mol. The first-order valence-electron chi connectivity index (χ1n) is 8.28. The van der Waals surface area contributed by atoms with Gasteiger partial charge in [-0.3, -0.25) is 9.59 Å². The number of rotatable bonds is 0. The molecule has 0 bridgehead atoms. The third-order valence-electron chi connectivity index (χ3n) is 5.01. The maximum Gasteiger partial charge on any atom is 0.194 e. The molecule has 0 heterocycles. The van der Waals surface area contributed by atoms with Crippen LogP contribution in [0, 0.1) is 0 Å². The minimum Gasteiger partial charge on any atom is -0.289 e. The molecule has 0 saturated carbocycles. The minimum absolute atomic E-state index is 0.119. The summed E-state index contributed by atoms with van der Waals surface area (Å²) in [5, 5.41) is 3.63. The fourth-order valence-electron chi connectivity index (χ4n) is 3.63. The zero-order valence-electron chi connectivity index (χ0n) is 13.9. The van der Waals surface area contributed by atoms with Gasteiger partial charge in [0.05, 0.1) is 0 Å². The molecule has 0 spiro atoms. The minimum atomic E-state index is -0.119. The van der Waals surface area contributed by atoms with Crippen molar-refractivity contribution in [1.82, 2.24) is 0 Å². The summed E-state index contributed by atoms with van der Waals surface area (Å²) in [6.07, 6.45) is 0. The van der Waals surface area contributed by atoms with Crippen LogP contribution in [-0.4, -0.2) is 11.6 Å². The van der Waals surface area contributed by atoms with Gasteiger partial charge in [0.15, 0.2) is 11.6 Å². The molecule has 136 valence electrons. The standard InChI is InChI=1S/C22H8Br4O2/c23-17-5-9-1-13-14(2-10(9)6-18(17)24)22(28)16-4-12-8-20(26)19(25)7-11(12)3-15(16)21(13)27/h1-8H. The number of benzene rings is 4. The Kier molecular flexibility index (Phi) is 4.40. The maximum absolute atomic E-state index is 13.3. The Morgan fingerprint density at radius 3 is 0.821 bits per heavy atom. The van der Waals surface area contributed by atoms with Crippen LogP contribution in [0.2, 0.25) is 0 Å². The van der Waals surface area contributed by atoms with Crippen molar-refractivity contribution in [3.63, 3.8) is 0 Å². The summed E-state index contributed by atoms with van der Waals surface area (Å²) in [4.78, 5) is 26.5. The Bertz CT molecular complexity index is 1180. The second-order valence-electron chi connectivity index (χ2n) is 6.68. The summed E-state index contributed by atoms with van der Waals surface area (Å²) in [7, 11) is 0. The fraction of sp³-hybridized carbons (Fsp3) is 0. The van der Waals surface area contributed by atoms with Crippen molar-refractivity contribution in [3.05, 3.63) is 88.7 Å². The molecular formula is C22H8Br4O2. The Labute approximate surface area is 193 Å². The molecule has 0 fully saturated rings. The lowest BCUT2D eigenvalue weighted by Crippen LogP contribution is -2.21. The Hall–Kier alpha value is -1.34. The van der Waals surface area contributed by atoms with Gasteiger partial charge in [-0.1, -0.05) is 0 Å². The van der Waals surface area contributed by atoms with Crippen molar-refractivity contribution >= 4 is 96.8 Å². The van der Waals surface area contributed by atoms with E-state index < -0.39 is 0 Å². The molecule has 4 aromatic rings. The number of fused-ring (bicyclic) bond motifs is 4. The highest BCUT2D eigenvalue weighted by Gasteiger charge is 2.30. The average Bonchev–Trinajstić information content (AvgIpc) is 2.66. The summed E-state index contributed by atoms with van der Waals surface area (Å²) in [5.41, 5.74) is 1.81. The SMILES string of the molecule is O=C1c2cc3cc(Br)c(Br)cc3cc2C(=O)c2cc3cc(Br)c(Br)cc3cc21. The molecule has 4 aromatic carbocycles. The second kappa shape index (κ2) is 6.59. The largest absolute Gasteiger partial charge is 0.289 e. The van der Waals surface area contributed by atoms with Gasteiger partial charge in [-0.25, -0.2) is 0 Å². The lowest BCUT2D eigenvalue weighted by molar-refractivity contribution is 0.0979. The lowest BCUT2D eigenvalue weighted by Gasteiger charge is -2.19. The lowest BCUT2D eigenvalue weighted by atomic mass is 9.81. The third kappa shape index (κ3) is 2.76. The van der Waals surface area contributed by atoms with Gasteiger partial charge in [-0.2, -0.15) is 0 Å². The van der Waals surface area contributed by atoms with Crippen molar-refractivity contribution in [1.29, 1.82) is 0 Å². The smallest absolute Gasteiger partial charge is 0.194 e. The van der Waals surface area contributed by atoms with E-state index >= 15 is 0 Å². The third-order valence-corrected chi connectivity index (χ3v) is 8.70. The molecule has 1 aliphatic rings. The highest BCUT2D eigenvalue weighted by atomic mass is 79.9. The van der Waals surface area contributed by atoms with Gasteiger partial charge in [0.2, 0.25) is 0 Å². The topological polar surface area (TPSA) is 34.1 Å². The van der Waals surface area contributed by atoms with Crippen LogP contribution in [0.1, 0.15) is 31.8 Å². The number of ketones is 2. The zero-order valence-corrected chi connectivity index (χ0v) is 20.3. The van der Waals surface area contributed by atoms with Crippen molar-refractivity contribution in [2.75, 3.05) is 0 Å². The number of carbonyl (C=O) groups excluding carboxylic acids is 2. The van der Waals surface area contributed by atoms with E-state index in [1.165, 1.54) is 0 Å². The molecule has 0 unspecified atom stereocenters. The molecule has 0 aromatic heterocycles. The zero-order chi connectivity index (χ0) is 19.7. The van der Waals surface area contributed by atoms with Gasteiger partial charge in [-0.05, 0) is 134 Å². The summed E-state index contributed by atoms with van der Waals surface area (Å²) >= 11 is 14.0. The summed E-state index contributed by atoms with van der Waals surface area (Å²) in [5.74, 6) is -0.238. The van der Waals surface area contributed by atoms with Crippen LogP contribution in [0.4, 0.5) is 0 Å². The van der Waals surface area contributed by atoms with E-state index in [1.54, 1.807) is 0 Å². The molecule has 6 heteroatoms. The maximum atomic E-state index is 13.3. The van der Waals surface area contributed by atoms with Gasteiger partial charge in [0.25, 0.3) is 0 Å². The van der Waals surface area contributed by atoms with Crippen LogP contribution < -0.4 is 0 Å². The van der Waals surface area contributed by atoms with Gasteiger partial charge in [-0.15, -0.1) is 0 Å². The van der Waals surface area contributed by atoms with E-state index in [-0.39, 0.29) is 11.6 Å². The molecule has 0 amide bonds. The van der Waals surface area contributed by atoms with Gasteiger partial charge in [0, 0.05) is 40.1 Å². The summed E-state index contributed by atoms with van der Waals surface area (Å²) in [6, 6.07) is 15.0. The quantitative estimate of drug-likeness (QED) is 0.176. The Morgan fingerprint density at radius 1 is 0.393 bits per heavy atom. The molecule has 0 aliphatic heterocycles. The predicted octanol–water partition coefficient (Wildman–Crippen LogP) is 7.82. The van der Waals surface area contributed by atoms with E-state index in [9.17, 15) is 9.59 Å². The summed E-state index contributed by atoms with van der Waals surface area (Å²) in [6.45, 7) is 0. The van der Waals surface area contributed by atoms with Crippen LogP contribution >= 0.6 is 63.7 Å². The molecule has 0 N–H and O–H groups in total. The Morgan fingerprint density at radius 2 is 0.607 bits per heavy atom. The van der Waals surface area contributed by atoms with Gasteiger partial charge >= 0.3 is 0 Å².